The first-order chi connectivity index (χ1) is 10.2. The van der Waals surface area contributed by atoms with Crippen LogP contribution in [-0.4, -0.2) is 17.7 Å². The molecule has 0 unspecified atom stereocenters. The summed E-state index contributed by atoms with van der Waals surface area (Å²) in [5, 5.41) is 9.69. The number of anilines is 1. The fourth-order valence-electron chi connectivity index (χ4n) is 2.20. The molecule has 0 bridgehead atoms. The van der Waals surface area contributed by atoms with E-state index in [1.807, 2.05) is 0 Å². The summed E-state index contributed by atoms with van der Waals surface area (Å²) in [5.74, 6) is -0.707. The molecule has 118 valence electrons. The molecule has 0 atom stereocenters. The van der Waals surface area contributed by atoms with E-state index in [2.05, 4.69) is 6.92 Å². The monoisotopic (exact) mass is 293 g/mol. The highest BCUT2D eigenvalue weighted by Crippen LogP contribution is 2.25. The van der Waals surface area contributed by atoms with Crippen molar-refractivity contribution < 1.29 is 14.6 Å². The molecule has 0 spiro atoms. The minimum Gasteiger partial charge on any atom is -0.505 e. The van der Waals surface area contributed by atoms with Crippen molar-refractivity contribution in [2.24, 2.45) is 0 Å². The lowest BCUT2D eigenvalue weighted by Crippen LogP contribution is -2.07. The Kier molecular flexibility index (Phi) is 8.32. The smallest absolute Gasteiger partial charge is 0.341 e. The summed E-state index contributed by atoms with van der Waals surface area (Å²) in [6.07, 6.45) is 9.58. The Labute approximate surface area is 127 Å². The van der Waals surface area contributed by atoms with Crippen LogP contribution in [0.3, 0.4) is 0 Å². The second kappa shape index (κ2) is 10.1. The molecule has 0 fully saturated rings. The van der Waals surface area contributed by atoms with E-state index in [1.54, 1.807) is 12.1 Å². The van der Waals surface area contributed by atoms with Crippen LogP contribution in [0.4, 0.5) is 5.69 Å². The van der Waals surface area contributed by atoms with E-state index in [0.717, 1.165) is 12.8 Å². The SMILES string of the molecule is CCCCCCCCCCOC(=O)c1cccc(N)c1O. The van der Waals surface area contributed by atoms with Gasteiger partial charge in [0.2, 0.25) is 0 Å². The second-order valence-corrected chi connectivity index (χ2v) is 5.35. The van der Waals surface area contributed by atoms with Gasteiger partial charge in [0, 0.05) is 0 Å². The van der Waals surface area contributed by atoms with Crippen LogP contribution < -0.4 is 5.73 Å². The number of carbonyl (C=O) groups excluding carboxylic acids is 1. The number of aromatic hydroxyl groups is 1. The first-order valence-corrected chi connectivity index (χ1v) is 7.91. The predicted molar refractivity (Wildman–Crippen MR) is 85.4 cm³/mol. The Bertz CT molecular complexity index is 432. The van der Waals surface area contributed by atoms with E-state index in [1.165, 1.54) is 44.6 Å². The van der Waals surface area contributed by atoms with Gasteiger partial charge in [0.15, 0.2) is 5.75 Å². The molecule has 1 rings (SSSR count). The van der Waals surface area contributed by atoms with E-state index < -0.39 is 5.97 Å². The van der Waals surface area contributed by atoms with Crippen LogP contribution in [0.25, 0.3) is 0 Å². The van der Waals surface area contributed by atoms with Crippen molar-refractivity contribution in [3.05, 3.63) is 23.8 Å². The van der Waals surface area contributed by atoms with Crippen LogP contribution in [0.2, 0.25) is 0 Å². The number of rotatable bonds is 10. The van der Waals surface area contributed by atoms with Gasteiger partial charge in [-0.25, -0.2) is 4.79 Å². The molecule has 4 nitrogen and oxygen atoms in total. The van der Waals surface area contributed by atoms with Crippen molar-refractivity contribution in [1.29, 1.82) is 0 Å². The Balaban J connectivity index is 2.13. The Hall–Kier alpha value is -1.71. The van der Waals surface area contributed by atoms with Gasteiger partial charge in [-0.05, 0) is 18.6 Å². The number of phenols is 1. The third-order valence-electron chi connectivity index (χ3n) is 3.52. The number of para-hydroxylation sites is 1. The van der Waals surface area contributed by atoms with E-state index in [0.29, 0.717) is 6.61 Å². The summed E-state index contributed by atoms with van der Waals surface area (Å²) >= 11 is 0. The van der Waals surface area contributed by atoms with Gasteiger partial charge >= 0.3 is 5.97 Å². The standard InChI is InChI=1S/C17H27NO3/c1-2-3-4-5-6-7-8-9-13-21-17(20)14-11-10-12-15(18)16(14)19/h10-12,19H,2-9,13,18H2,1H3. The van der Waals surface area contributed by atoms with Crippen molar-refractivity contribution in [1.82, 2.24) is 0 Å². The molecule has 0 aliphatic carbocycles. The number of unbranched alkanes of at least 4 members (excludes halogenated alkanes) is 7. The van der Waals surface area contributed by atoms with E-state index in [-0.39, 0.29) is 17.0 Å². The molecular weight excluding hydrogens is 266 g/mol. The average Bonchev–Trinajstić information content (AvgIpc) is 2.48. The van der Waals surface area contributed by atoms with Crippen LogP contribution in [-0.2, 0) is 4.74 Å². The first-order valence-electron chi connectivity index (χ1n) is 7.91. The lowest BCUT2D eigenvalue weighted by Gasteiger charge is -2.07. The summed E-state index contributed by atoms with van der Waals surface area (Å²) in [7, 11) is 0. The Morgan fingerprint density at radius 1 is 1.10 bits per heavy atom. The number of benzene rings is 1. The van der Waals surface area contributed by atoms with Crippen LogP contribution in [0.1, 0.15) is 68.6 Å². The van der Waals surface area contributed by atoms with E-state index in [4.69, 9.17) is 10.5 Å². The van der Waals surface area contributed by atoms with Gasteiger partial charge in [-0.3, -0.25) is 0 Å². The van der Waals surface area contributed by atoms with Gasteiger partial charge < -0.3 is 15.6 Å². The highest BCUT2D eigenvalue weighted by molar-refractivity contribution is 5.94. The van der Waals surface area contributed by atoms with Crippen LogP contribution in [0, 0.1) is 0 Å². The molecule has 4 heteroatoms. The van der Waals surface area contributed by atoms with E-state index in [9.17, 15) is 9.90 Å². The topological polar surface area (TPSA) is 72.5 Å². The molecule has 3 N–H and O–H groups in total. The molecule has 0 aromatic heterocycles. The van der Waals surface area contributed by atoms with Gasteiger partial charge in [0.05, 0.1) is 12.3 Å². The summed E-state index contributed by atoms with van der Waals surface area (Å²) in [6, 6.07) is 4.69. The number of esters is 1. The van der Waals surface area contributed by atoms with Crippen LogP contribution >= 0.6 is 0 Å². The van der Waals surface area contributed by atoms with Gasteiger partial charge in [0.1, 0.15) is 5.56 Å². The fraction of sp³-hybridized carbons (Fsp3) is 0.588. The lowest BCUT2D eigenvalue weighted by atomic mass is 10.1. The maximum atomic E-state index is 11.8. The predicted octanol–water partition coefficient (Wildman–Crippen LogP) is 4.27. The number of carbonyl (C=O) groups is 1. The first kappa shape index (κ1) is 17.3. The third kappa shape index (κ3) is 6.52. The third-order valence-corrected chi connectivity index (χ3v) is 3.52. The molecule has 0 heterocycles. The van der Waals surface area contributed by atoms with Crippen molar-refractivity contribution in [2.75, 3.05) is 12.3 Å². The number of nitrogen functional groups attached to an aromatic ring is 1. The molecule has 0 aliphatic rings. The van der Waals surface area contributed by atoms with E-state index >= 15 is 0 Å². The highest BCUT2D eigenvalue weighted by atomic mass is 16.5. The molecule has 21 heavy (non-hydrogen) atoms. The van der Waals surface area contributed by atoms with Gasteiger partial charge in [-0.2, -0.15) is 0 Å². The quantitative estimate of drug-likeness (QED) is 0.292. The summed E-state index contributed by atoms with van der Waals surface area (Å²) < 4.78 is 5.15. The Morgan fingerprint density at radius 2 is 1.71 bits per heavy atom. The number of hydrogen-bond donors (Lipinski definition) is 2. The molecule has 0 radical (unpaired) electrons. The van der Waals surface area contributed by atoms with Gasteiger partial charge in [0.25, 0.3) is 0 Å². The van der Waals surface area contributed by atoms with Crippen molar-refractivity contribution in [2.45, 2.75) is 58.3 Å². The minimum atomic E-state index is -0.511. The molecule has 0 amide bonds. The zero-order valence-corrected chi connectivity index (χ0v) is 12.9. The second-order valence-electron chi connectivity index (χ2n) is 5.35. The van der Waals surface area contributed by atoms with Gasteiger partial charge in [-0.1, -0.05) is 57.9 Å². The normalized spacial score (nSPS) is 10.5. The van der Waals surface area contributed by atoms with Crippen LogP contribution in [0.5, 0.6) is 5.75 Å². The lowest BCUT2D eigenvalue weighted by molar-refractivity contribution is 0.0494. The molecule has 0 aliphatic heterocycles. The maximum absolute atomic E-state index is 11.8. The van der Waals surface area contributed by atoms with Crippen molar-refractivity contribution in [3.8, 4) is 5.75 Å². The number of hydrogen-bond acceptors (Lipinski definition) is 4. The largest absolute Gasteiger partial charge is 0.505 e. The molecule has 1 aromatic carbocycles. The zero-order chi connectivity index (χ0) is 15.5. The molecule has 1 aromatic rings. The molecule has 0 saturated carbocycles. The summed E-state index contributed by atoms with van der Waals surface area (Å²) in [6.45, 7) is 2.61. The molecular formula is C17H27NO3. The van der Waals surface area contributed by atoms with Crippen molar-refractivity contribution >= 4 is 11.7 Å². The fourth-order valence-corrected chi connectivity index (χ4v) is 2.20. The summed E-state index contributed by atoms with van der Waals surface area (Å²) in [4.78, 5) is 11.8. The minimum absolute atomic E-state index is 0.134. The maximum Gasteiger partial charge on any atom is 0.341 e. The number of ether oxygens (including phenoxy) is 1. The summed E-state index contributed by atoms with van der Waals surface area (Å²) in [5.41, 5.74) is 5.87. The highest BCUT2D eigenvalue weighted by Gasteiger charge is 2.13. The van der Waals surface area contributed by atoms with Gasteiger partial charge in [-0.15, -0.1) is 0 Å². The zero-order valence-electron chi connectivity index (χ0n) is 12.9. The van der Waals surface area contributed by atoms with Crippen molar-refractivity contribution in [3.63, 3.8) is 0 Å². The number of phenolic OH excluding ortho intramolecular Hbond substituents is 1. The average molecular weight is 293 g/mol. The Morgan fingerprint density at radius 3 is 2.38 bits per heavy atom. The number of nitrogens with two attached hydrogens (primary N) is 1. The van der Waals surface area contributed by atoms with Crippen LogP contribution in [0.15, 0.2) is 18.2 Å². The molecule has 0 saturated heterocycles.